The van der Waals surface area contributed by atoms with E-state index in [1.54, 1.807) is 49.1 Å². The maximum Gasteiger partial charge on any atom is 0.569 e. The molecule has 4 aromatic carbocycles. The Labute approximate surface area is 427 Å². The number of nitrogens with one attached hydrogen (secondary N) is 2. The van der Waals surface area contributed by atoms with Crippen molar-refractivity contribution in [2.24, 2.45) is 0 Å². The molecule has 357 valence electrons. The van der Waals surface area contributed by atoms with Crippen LogP contribution in [-0.2, 0) is 0 Å². The SMILES string of the molecule is C.C.COc1ccc(O[B]O)cn1.Cc1ccc(-c2ccc3nc(-c4cccnc4)nc(Nc4ccc(F)c(Cl)c4)c3c2)cn1.Fc1ccc(Nc2nc(-c3cccnc3)nc3ccc(Br)cc23)cc1Cl. The fourth-order valence-electron chi connectivity index (χ4n) is 6.53. The predicted molar refractivity (Wildman–Crippen MR) is 283 cm³/mol. The highest BCUT2D eigenvalue weighted by Crippen LogP contribution is 2.33. The number of aryl methyl sites for hydroxylation is 1. The number of ether oxygens (including phenoxy) is 1. The molecule has 1 radical (unpaired) electrons. The van der Waals surface area contributed by atoms with E-state index in [0.29, 0.717) is 54.0 Å². The highest BCUT2D eigenvalue weighted by molar-refractivity contribution is 9.10. The number of hydrogen-bond acceptors (Lipinski definition) is 13. The molecule has 0 aliphatic carbocycles. The number of rotatable bonds is 10. The van der Waals surface area contributed by atoms with E-state index in [2.05, 4.69) is 61.1 Å². The van der Waals surface area contributed by atoms with Crippen LogP contribution in [0.2, 0.25) is 10.0 Å². The number of benzene rings is 4. The van der Waals surface area contributed by atoms with Crippen LogP contribution in [0.4, 0.5) is 31.8 Å². The first-order valence-electron chi connectivity index (χ1n) is 20.6. The van der Waals surface area contributed by atoms with Crippen LogP contribution in [0.15, 0.2) is 163 Å². The van der Waals surface area contributed by atoms with Gasteiger partial charge < -0.3 is 25.0 Å². The number of anilines is 4. The molecule has 71 heavy (non-hydrogen) atoms. The van der Waals surface area contributed by atoms with Crippen molar-refractivity contribution in [1.29, 1.82) is 0 Å². The summed E-state index contributed by atoms with van der Waals surface area (Å²) in [7, 11) is 2.13. The van der Waals surface area contributed by atoms with Crippen LogP contribution in [0.1, 0.15) is 20.5 Å². The maximum atomic E-state index is 13.6. The van der Waals surface area contributed by atoms with Gasteiger partial charge in [-0.3, -0.25) is 15.0 Å². The molecule has 0 spiro atoms. The topological polar surface area (TPSA) is 166 Å². The first-order valence-corrected chi connectivity index (χ1v) is 22.2. The van der Waals surface area contributed by atoms with Crippen LogP contribution in [-0.4, -0.2) is 59.7 Å². The van der Waals surface area contributed by atoms with E-state index in [1.165, 1.54) is 37.6 Å². The van der Waals surface area contributed by atoms with Crippen LogP contribution in [0.5, 0.6) is 11.6 Å². The van der Waals surface area contributed by atoms with Gasteiger partial charge in [0.25, 0.3) is 0 Å². The van der Waals surface area contributed by atoms with Crippen molar-refractivity contribution in [3.8, 4) is 45.5 Å². The largest absolute Gasteiger partial charge is 0.569 e. The number of nitrogens with zero attached hydrogens (tertiary/aromatic N) is 8. The Morgan fingerprint density at radius 3 is 1.63 bits per heavy atom. The standard InChI is InChI=1S/C25H17ClFN5.C19H11BrClFN4.C6H7BNO3.2CH4/c1-15-4-5-17(14-29-15)16-6-9-23-20(11-16)25(30-19-7-8-22(27)21(26)12-19)32-24(31-23)18-3-2-10-28-13-18;20-12-3-6-17-14(8-12)19(24-13-4-5-16(22)15(21)9-13)26-18(25-17)11-2-1-7-23-10-11;1-10-6-3-2-5(4-8-6)11-7-9;;/h2-14H,1H3,(H,30,31,32);1-10H,(H,24,25,26);2-4,9H,1H3;2*1H4. The zero-order valence-corrected chi connectivity index (χ0v) is 39.4. The van der Waals surface area contributed by atoms with Crippen molar-refractivity contribution in [2.45, 2.75) is 21.8 Å². The first-order chi connectivity index (χ1) is 33.5. The number of methoxy groups -OCH3 is 1. The van der Waals surface area contributed by atoms with Crippen molar-refractivity contribution in [3.63, 3.8) is 0 Å². The molecule has 0 bridgehead atoms. The normalized spacial score (nSPS) is 10.3. The molecule has 0 aliphatic rings. The highest BCUT2D eigenvalue weighted by Gasteiger charge is 2.14. The molecule has 0 saturated carbocycles. The molecule has 0 saturated heterocycles. The molecule has 3 N–H and O–H groups in total. The van der Waals surface area contributed by atoms with Gasteiger partial charge in [0.2, 0.25) is 5.88 Å². The molecular formula is C52H43BBrCl2F2N10O3. The van der Waals surface area contributed by atoms with Crippen LogP contribution in [0.3, 0.4) is 0 Å². The second-order valence-corrected chi connectivity index (χ2v) is 16.4. The Bertz CT molecular complexity index is 3380. The van der Waals surface area contributed by atoms with Crippen molar-refractivity contribution >= 4 is 91.6 Å². The van der Waals surface area contributed by atoms with E-state index < -0.39 is 11.6 Å². The minimum Gasteiger partial charge on any atom is -0.536 e. The van der Waals surface area contributed by atoms with Gasteiger partial charge in [-0.05, 0) is 116 Å². The van der Waals surface area contributed by atoms with Crippen LogP contribution < -0.4 is 20.0 Å². The summed E-state index contributed by atoms with van der Waals surface area (Å²) in [5.41, 5.74) is 7.32. The van der Waals surface area contributed by atoms with Gasteiger partial charge in [0.15, 0.2) is 11.6 Å². The van der Waals surface area contributed by atoms with Crippen LogP contribution in [0.25, 0.3) is 55.7 Å². The van der Waals surface area contributed by atoms with Crippen molar-refractivity contribution in [3.05, 3.63) is 190 Å². The second kappa shape index (κ2) is 24.7. The highest BCUT2D eigenvalue weighted by atomic mass is 79.9. The monoisotopic (exact) mass is 1050 g/mol. The van der Waals surface area contributed by atoms with E-state index in [9.17, 15) is 8.78 Å². The van der Waals surface area contributed by atoms with Gasteiger partial charge >= 0.3 is 7.69 Å². The quantitative estimate of drug-likeness (QED) is 0.111. The molecule has 0 fully saturated rings. The number of pyridine rings is 4. The van der Waals surface area contributed by atoms with E-state index >= 15 is 0 Å². The van der Waals surface area contributed by atoms with Gasteiger partial charge in [0.1, 0.15) is 29.0 Å². The summed E-state index contributed by atoms with van der Waals surface area (Å²) < 4.78 is 37.4. The Kier molecular flexibility index (Phi) is 18.3. The Balaban J connectivity index is 0.000000190. The van der Waals surface area contributed by atoms with Gasteiger partial charge in [-0.1, -0.05) is 66.1 Å². The van der Waals surface area contributed by atoms with E-state index in [4.69, 9.17) is 42.9 Å². The summed E-state index contributed by atoms with van der Waals surface area (Å²) in [6, 6.07) is 35.4. The van der Waals surface area contributed by atoms with E-state index in [0.717, 1.165) is 54.2 Å². The van der Waals surface area contributed by atoms with E-state index in [-0.39, 0.29) is 24.9 Å². The molecule has 6 aromatic heterocycles. The van der Waals surface area contributed by atoms with E-state index in [1.807, 2.05) is 85.9 Å². The molecule has 0 atom stereocenters. The number of hydrogen-bond donors (Lipinski definition) is 3. The number of fused-ring (bicyclic) bond motifs is 2. The zero-order valence-electron chi connectivity index (χ0n) is 36.3. The van der Waals surface area contributed by atoms with Crippen molar-refractivity contribution in [1.82, 2.24) is 39.9 Å². The Hall–Kier alpha value is -7.70. The summed E-state index contributed by atoms with van der Waals surface area (Å²) in [5.74, 6) is 2.29. The molecule has 0 unspecified atom stereocenters. The number of aromatic nitrogens is 8. The zero-order chi connectivity index (χ0) is 48.3. The van der Waals surface area contributed by atoms with Gasteiger partial charge in [-0.25, -0.2) is 33.7 Å². The smallest absolute Gasteiger partial charge is 0.536 e. The molecule has 0 amide bonds. The molecular weight excluding hydrogens is 1010 g/mol. The van der Waals surface area contributed by atoms with Crippen LogP contribution >= 0.6 is 39.1 Å². The lowest BCUT2D eigenvalue weighted by molar-refractivity contribution is 0.395. The average Bonchev–Trinajstić information content (AvgIpc) is 3.37. The van der Waals surface area contributed by atoms with Crippen molar-refractivity contribution in [2.75, 3.05) is 17.7 Å². The molecule has 0 aliphatic heterocycles. The third-order valence-electron chi connectivity index (χ3n) is 9.91. The Morgan fingerprint density at radius 2 is 1.15 bits per heavy atom. The fourth-order valence-corrected chi connectivity index (χ4v) is 7.25. The lowest BCUT2D eigenvalue weighted by atomic mass is 10.0. The maximum absolute atomic E-state index is 13.6. The molecule has 19 heteroatoms. The summed E-state index contributed by atoms with van der Waals surface area (Å²) >= 11 is 15.3. The van der Waals surface area contributed by atoms with Crippen LogP contribution in [0, 0.1) is 18.6 Å². The minimum atomic E-state index is -0.477. The lowest BCUT2D eigenvalue weighted by Gasteiger charge is -2.13. The number of halogens is 5. The molecule has 10 rings (SSSR count). The summed E-state index contributed by atoms with van der Waals surface area (Å²) in [6.45, 7) is 1.95. The van der Waals surface area contributed by atoms with Gasteiger partial charge in [0.05, 0.1) is 34.4 Å². The average molecular weight is 1060 g/mol. The van der Waals surface area contributed by atoms with Gasteiger partial charge in [-0.15, -0.1) is 0 Å². The Morgan fingerprint density at radius 1 is 0.592 bits per heavy atom. The third-order valence-corrected chi connectivity index (χ3v) is 11.0. The van der Waals surface area contributed by atoms with Gasteiger partial charge in [-0.2, -0.15) is 0 Å². The first kappa shape index (κ1) is 52.7. The summed E-state index contributed by atoms with van der Waals surface area (Å²) in [6.07, 6.45) is 10.1. The fraction of sp³-hybridized carbons (Fsp3) is 0.0769. The molecule has 10 aromatic rings. The summed E-state index contributed by atoms with van der Waals surface area (Å²) in [4.78, 5) is 35.3. The lowest BCUT2D eigenvalue weighted by Crippen LogP contribution is -2.00. The predicted octanol–water partition coefficient (Wildman–Crippen LogP) is 13.9. The second-order valence-electron chi connectivity index (χ2n) is 14.6. The molecule has 6 heterocycles. The minimum absolute atomic E-state index is 0. The molecule has 13 nitrogen and oxygen atoms in total. The third kappa shape index (κ3) is 13.6. The van der Waals surface area contributed by atoms with Gasteiger partial charge in [0, 0.05) is 86.1 Å². The van der Waals surface area contributed by atoms with Crippen molar-refractivity contribution < 1.29 is 23.2 Å². The summed E-state index contributed by atoms with van der Waals surface area (Å²) in [5, 5.41) is 16.4.